The van der Waals surface area contributed by atoms with E-state index in [1.807, 2.05) is 6.07 Å². The maximum atomic E-state index is 5.76. The first-order valence-corrected chi connectivity index (χ1v) is 11.9. The van der Waals surface area contributed by atoms with E-state index >= 15 is 0 Å². The molecule has 172 valence electrons. The summed E-state index contributed by atoms with van der Waals surface area (Å²) < 4.78 is 11.1. The standard InChI is InChI=1S/C26H35N3O2S/c1-28-15-14-26(20-10-11-22(30-3)23(16-20)31-4)13-12-21(17-24(26)28)29(2)25(32)27-18-19-8-6-5-7-9-19/h5-11,16,21,24H,12-15,17-18H2,1-4H3,(H,27,32)/t21-,24+,26-/m0/s1. The van der Waals surface area contributed by atoms with Crippen LogP contribution in [-0.4, -0.2) is 61.9 Å². The Morgan fingerprint density at radius 1 is 1.12 bits per heavy atom. The van der Waals surface area contributed by atoms with Crippen molar-refractivity contribution in [3.63, 3.8) is 0 Å². The number of nitrogens with one attached hydrogen (secondary N) is 1. The second-order valence-electron chi connectivity index (χ2n) is 9.16. The summed E-state index contributed by atoms with van der Waals surface area (Å²) in [5.41, 5.74) is 2.77. The number of likely N-dealkylation sites (N-methyl/N-ethyl adjacent to an activating group) is 1. The Hall–Kier alpha value is -2.31. The van der Waals surface area contributed by atoms with Crippen LogP contribution in [0.4, 0.5) is 0 Å². The topological polar surface area (TPSA) is 37.0 Å². The molecule has 32 heavy (non-hydrogen) atoms. The Labute approximate surface area is 197 Å². The van der Waals surface area contributed by atoms with Crippen LogP contribution in [-0.2, 0) is 12.0 Å². The van der Waals surface area contributed by atoms with Crippen LogP contribution in [0.5, 0.6) is 11.5 Å². The van der Waals surface area contributed by atoms with E-state index in [-0.39, 0.29) is 5.41 Å². The van der Waals surface area contributed by atoms with Gasteiger partial charge in [0, 0.05) is 31.1 Å². The molecule has 0 bridgehead atoms. The van der Waals surface area contributed by atoms with Crippen molar-refractivity contribution in [1.82, 2.24) is 15.1 Å². The quantitative estimate of drug-likeness (QED) is 0.661. The average Bonchev–Trinajstić information content (AvgIpc) is 3.19. The molecule has 4 rings (SSSR count). The number of thiocarbonyl (C=S) groups is 1. The largest absolute Gasteiger partial charge is 0.493 e. The van der Waals surface area contributed by atoms with E-state index in [2.05, 4.69) is 71.7 Å². The second kappa shape index (κ2) is 9.67. The molecule has 6 heteroatoms. The zero-order valence-electron chi connectivity index (χ0n) is 19.6. The average molecular weight is 454 g/mol. The van der Waals surface area contributed by atoms with Gasteiger partial charge in [0.15, 0.2) is 16.6 Å². The zero-order chi connectivity index (χ0) is 22.7. The van der Waals surface area contributed by atoms with Crippen molar-refractivity contribution in [2.24, 2.45) is 0 Å². The summed E-state index contributed by atoms with van der Waals surface area (Å²) in [5, 5.41) is 4.28. The summed E-state index contributed by atoms with van der Waals surface area (Å²) in [5.74, 6) is 1.61. The van der Waals surface area contributed by atoms with Crippen LogP contribution >= 0.6 is 12.2 Å². The third-order valence-electron chi connectivity index (χ3n) is 7.61. The maximum absolute atomic E-state index is 5.76. The summed E-state index contributed by atoms with van der Waals surface area (Å²) in [4.78, 5) is 4.82. The van der Waals surface area contributed by atoms with Gasteiger partial charge >= 0.3 is 0 Å². The third-order valence-corrected chi connectivity index (χ3v) is 8.04. The van der Waals surface area contributed by atoms with Crippen molar-refractivity contribution in [2.75, 3.05) is 34.9 Å². The van der Waals surface area contributed by atoms with Crippen LogP contribution in [0, 0.1) is 0 Å². The molecule has 2 fully saturated rings. The van der Waals surface area contributed by atoms with Crippen molar-refractivity contribution in [2.45, 2.75) is 49.7 Å². The summed E-state index contributed by atoms with van der Waals surface area (Å²) in [6.07, 6.45) is 4.56. The SMILES string of the molecule is COc1ccc([C@@]23CC[C@H](N(C)C(=S)NCc4ccccc4)C[C@H]2N(C)CC3)cc1OC. The normalized spacial score (nSPS) is 25.1. The number of hydrogen-bond donors (Lipinski definition) is 1. The van der Waals surface area contributed by atoms with E-state index in [9.17, 15) is 0 Å². The highest BCUT2D eigenvalue weighted by Crippen LogP contribution is 2.50. The van der Waals surface area contributed by atoms with Gasteiger partial charge in [-0.15, -0.1) is 0 Å². The van der Waals surface area contributed by atoms with Crippen LogP contribution in [0.1, 0.15) is 36.8 Å². The Balaban J connectivity index is 1.48. The zero-order valence-corrected chi connectivity index (χ0v) is 20.5. The molecule has 1 N–H and O–H groups in total. The van der Waals surface area contributed by atoms with E-state index in [1.165, 1.54) is 17.5 Å². The van der Waals surface area contributed by atoms with Gasteiger partial charge in [0.1, 0.15) is 0 Å². The van der Waals surface area contributed by atoms with Crippen molar-refractivity contribution in [1.29, 1.82) is 0 Å². The molecule has 1 heterocycles. The molecule has 0 aromatic heterocycles. The van der Waals surface area contributed by atoms with Gasteiger partial charge in [-0.3, -0.25) is 0 Å². The summed E-state index contributed by atoms with van der Waals surface area (Å²) >= 11 is 5.76. The van der Waals surface area contributed by atoms with Crippen LogP contribution in [0.15, 0.2) is 48.5 Å². The fourth-order valence-corrected chi connectivity index (χ4v) is 5.88. The Kier molecular flexibility index (Phi) is 6.91. The molecule has 2 aromatic carbocycles. The number of hydrogen-bond acceptors (Lipinski definition) is 4. The minimum absolute atomic E-state index is 0.157. The monoisotopic (exact) mass is 453 g/mol. The highest BCUT2D eigenvalue weighted by Gasteiger charge is 2.51. The lowest BCUT2D eigenvalue weighted by Gasteiger charge is -2.47. The molecule has 0 spiro atoms. The van der Waals surface area contributed by atoms with E-state index in [0.717, 1.165) is 49.0 Å². The maximum Gasteiger partial charge on any atom is 0.169 e. The van der Waals surface area contributed by atoms with Crippen molar-refractivity contribution < 1.29 is 9.47 Å². The first-order chi connectivity index (χ1) is 15.5. The van der Waals surface area contributed by atoms with Gasteiger partial charge in [-0.1, -0.05) is 36.4 Å². The van der Waals surface area contributed by atoms with Gasteiger partial charge in [0.25, 0.3) is 0 Å². The van der Waals surface area contributed by atoms with E-state index in [4.69, 9.17) is 21.7 Å². The van der Waals surface area contributed by atoms with Crippen LogP contribution < -0.4 is 14.8 Å². The second-order valence-corrected chi connectivity index (χ2v) is 9.54. The van der Waals surface area contributed by atoms with Gasteiger partial charge in [0.05, 0.1) is 14.2 Å². The molecule has 3 atom stereocenters. The fraction of sp³-hybridized carbons (Fsp3) is 0.500. The number of methoxy groups -OCH3 is 2. The van der Waals surface area contributed by atoms with Crippen LogP contribution in [0.3, 0.4) is 0 Å². The molecule has 1 aliphatic carbocycles. The molecule has 1 saturated carbocycles. The molecule has 0 amide bonds. The predicted octanol–water partition coefficient (Wildman–Crippen LogP) is 4.20. The van der Waals surface area contributed by atoms with Crippen LogP contribution in [0.2, 0.25) is 0 Å². The van der Waals surface area contributed by atoms with Crippen molar-refractivity contribution >= 4 is 17.3 Å². The Morgan fingerprint density at radius 3 is 2.59 bits per heavy atom. The van der Waals surface area contributed by atoms with Crippen molar-refractivity contribution in [3.8, 4) is 11.5 Å². The Bertz CT molecular complexity index is 938. The summed E-state index contributed by atoms with van der Waals surface area (Å²) in [7, 11) is 7.81. The fourth-order valence-electron chi connectivity index (χ4n) is 5.66. The highest BCUT2D eigenvalue weighted by molar-refractivity contribution is 7.80. The minimum atomic E-state index is 0.157. The van der Waals surface area contributed by atoms with Gasteiger partial charge < -0.3 is 24.6 Å². The van der Waals surface area contributed by atoms with E-state index in [0.29, 0.717) is 12.1 Å². The molecule has 2 aromatic rings. The number of rotatable bonds is 6. The lowest BCUT2D eigenvalue weighted by atomic mass is 9.65. The smallest absolute Gasteiger partial charge is 0.169 e. The molecule has 5 nitrogen and oxygen atoms in total. The van der Waals surface area contributed by atoms with E-state index in [1.54, 1.807) is 14.2 Å². The predicted molar refractivity (Wildman–Crippen MR) is 134 cm³/mol. The third kappa shape index (κ3) is 4.30. The van der Waals surface area contributed by atoms with Crippen LogP contribution in [0.25, 0.3) is 0 Å². The lowest BCUT2D eigenvalue weighted by Crippen LogP contribution is -2.53. The first kappa shape index (κ1) is 22.9. The number of nitrogens with zero attached hydrogens (tertiary/aromatic N) is 2. The number of likely N-dealkylation sites (tertiary alicyclic amines) is 1. The summed E-state index contributed by atoms with van der Waals surface area (Å²) in [6, 6.07) is 17.8. The molecular formula is C26H35N3O2S. The highest BCUT2D eigenvalue weighted by atomic mass is 32.1. The van der Waals surface area contributed by atoms with Crippen molar-refractivity contribution in [3.05, 3.63) is 59.7 Å². The van der Waals surface area contributed by atoms with Gasteiger partial charge in [-0.2, -0.15) is 0 Å². The number of ether oxygens (including phenoxy) is 2. The Morgan fingerprint density at radius 2 is 1.88 bits per heavy atom. The number of fused-ring (bicyclic) bond motifs is 1. The van der Waals surface area contributed by atoms with Gasteiger partial charge in [0.2, 0.25) is 0 Å². The molecule has 0 radical (unpaired) electrons. The van der Waals surface area contributed by atoms with Gasteiger partial charge in [-0.05, 0) is 74.8 Å². The molecular weight excluding hydrogens is 418 g/mol. The molecule has 1 aliphatic heterocycles. The minimum Gasteiger partial charge on any atom is -0.493 e. The molecule has 2 aliphatic rings. The first-order valence-electron chi connectivity index (χ1n) is 11.5. The number of benzene rings is 2. The molecule has 1 saturated heterocycles. The lowest BCUT2D eigenvalue weighted by molar-refractivity contribution is 0.126. The summed E-state index contributed by atoms with van der Waals surface area (Å²) in [6.45, 7) is 1.88. The van der Waals surface area contributed by atoms with Gasteiger partial charge in [-0.25, -0.2) is 0 Å². The van der Waals surface area contributed by atoms with E-state index < -0.39 is 0 Å². The molecule has 0 unspecified atom stereocenters.